The van der Waals surface area contributed by atoms with Crippen molar-refractivity contribution in [3.05, 3.63) is 0 Å². The van der Waals surface area contributed by atoms with Crippen LogP contribution in [0.3, 0.4) is 0 Å². The van der Waals surface area contributed by atoms with Crippen molar-refractivity contribution < 1.29 is 10.0 Å². The highest BCUT2D eigenvalue weighted by Gasteiger charge is 2.33. The van der Waals surface area contributed by atoms with Crippen molar-refractivity contribution in [3.63, 3.8) is 0 Å². The smallest absolute Gasteiger partial charge is 0.233 e. The Hall–Kier alpha value is -1.30. The maximum Gasteiger partial charge on any atom is 0.233 e. The Bertz CT molecular complexity index is 325. The first kappa shape index (κ1) is 18.7. The van der Waals surface area contributed by atoms with Crippen molar-refractivity contribution in [3.8, 4) is 0 Å². The van der Waals surface area contributed by atoms with Crippen LogP contribution in [0.5, 0.6) is 0 Å². The van der Waals surface area contributed by atoms with E-state index in [1.165, 1.54) is 0 Å². The van der Waals surface area contributed by atoms with Gasteiger partial charge in [0.15, 0.2) is 5.84 Å². The van der Waals surface area contributed by atoms with Gasteiger partial charge < -0.3 is 21.2 Å². The van der Waals surface area contributed by atoms with Crippen LogP contribution in [0.15, 0.2) is 5.16 Å². The van der Waals surface area contributed by atoms with Crippen LogP contribution in [-0.4, -0.2) is 47.5 Å². The zero-order chi connectivity index (χ0) is 15.8. The average Bonchev–Trinajstić information content (AvgIpc) is 2.42. The van der Waals surface area contributed by atoms with Crippen LogP contribution in [0.2, 0.25) is 0 Å². The average molecular weight is 286 g/mol. The largest absolute Gasteiger partial charge is 0.409 e. The Labute approximate surface area is 122 Å². The zero-order valence-corrected chi connectivity index (χ0v) is 13.4. The SMILES string of the molecule is CCN(CC)CCCC(C)NC(=O)C(C)(C)C(N)=NO. The second-order valence-electron chi connectivity index (χ2n) is 5.65. The molecule has 0 aliphatic carbocycles. The van der Waals surface area contributed by atoms with Crippen molar-refractivity contribution >= 4 is 11.7 Å². The number of hydrogen-bond acceptors (Lipinski definition) is 4. The molecule has 0 aromatic carbocycles. The number of carbonyl (C=O) groups excluding carboxylic acids is 1. The van der Waals surface area contributed by atoms with Gasteiger partial charge in [-0.25, -0.2) is 0 Å². The summed E-state index contributed by atoms with van der Waals surface area (Å²) < 4.78 is 0. The molecule has 0 fully saturated rings. The molecule has 0 saturated carbocycles. The van der Waals surface area contributed by atoms with E-state index in [0.717, 1.165) is 32.5 Å². The number of nitrogens with zero attached hydrogens (tertiary/aromatic N) is 2. The lowest BCUT2D eigenvalue weighted by Crippen LogP contribution is -2.48. The molecule has 20 heavy (non-hydrogen) atoms. The first-order valence-corrected chi connectivity index (χ1v) is 7.30. The highest BCUT2D eigenvalue weighted by atomic mass is 16.4. The summed E-state index contributed by atoms with van der Waals surface area (Å²) in [6.07, 6.45) is 1.95. The molecule has 0 aromatic rings. The van der Waals surface area contributed by atoms with E-state index in [9.17, 15) is 4.79 Å². The molecule has 6 nitrogen and oxygen atoms in total. The summed E-state index contributed by atoms with van der Waals surface area (Å²) in [6.45, 7) is 12.7. The fourth-order valence-corrected chi connectivity index (χ4v) is 1.88. The summed E-state index contributed by atoms with van der Waals surface area (Å²) in [4.78, 5) is 14.4. The summed E-state index contributed by atoms with van der Waals surface area (Å²) in [7, 11) is 0. The first-order chi connectivity index (χ1) is 9.29. The summed E-state index contributed by atoms with van der Waals surface area (Å²) in [5.41, 5.74) is 4.54. The van der Waals surface area contributed by atoms with Crippen molar-refractivity contribution in [2.75, 3.05) is 19.6 Å². The predicted octanol–water partition coefficient (Wildman–Crippen LogP) is 1.39. The zero-order valence-electron chi connectivity index (χ0n) is 13.4. The molecule has 0 heterocycles. The normalized spacial score (nSPS) is 14.4. The first-order valence-electron chi connectivity index (χ1n) is 7.30. The van der Waals surface area contributed by atoms with E-state index < -0.39 is 5.41 Å². The molecular formula is C14H30N4O2. The van der Waals surface area contributed by atoms with Crippen molar-refractivity contribution in [1.29, 1.82) is 0 Å². The molecule has 0 spiro atoms. The van der Waals surface area contributed by atoms with Crippen LogP contribution in [-0.2, 0) is 4.79 Å². The monoisotopic (exact) mass is 286 g/mol. The van der Waals surface area contributed by atoms with Crippen molar-refractivity contribution in [1.82, 2.24) is 10.2 Å². The van der Waals surface area contributed by atoms with Crippen LogP contribution in [0, 0.1) is 5.41 Å². The Morgan fingerprint density at radius 2 is 1.95 bits per heavy atom. The van der Waals surface area contributed by atoms with Crippen LogP contribution in [0.1, 0.15) is 47.5 Å². The number of amides is 1. The number of nitrogens with two attached hydrogens (primary N) is 1. The minimum absolute atomic E-state index is 0.0730. The molecule has 4 N–H and O–H groups in total. The summed E-state index contributed by atoms with van der Waals surface area (Å²) in [6, 6.07) is 0.0730. The number of oxime groups is 1. The molecule has 0 aromatic heterocycles. The summed E-state index contributed by atoms with van der Waals surface area (Å²) in [5.74, 6) is -0.298. The predicted molar refractivity (Wildman–Crippen MR) is 81.8 cm³/mol. The van der Waals surface area contributed by atoms with Gasteiger partial charge in [-0.3, -0.25) is 4.79 Å². The quantitative estimate of drug-likeness (QED) is 0.258. The lowest BCUT2D eigenvalue weighted by Gasteiger charge is -2.25. The Morgan fingerprint density at radius 1 is 1.40 bits per heavy atom. The van der Waals surface area contributed by atoms with Gasteiger partial charge >= 0.3 is 0 Å². The van der Waals surface area contributed by atoms with Crippen molar-refractivity contribution in [2.45, 2.75) is 53.5 Å². The number of carbonyl (C=O) groups is 1. The standard InChI is InChI=1S/C14H30N4O2/c1-6-18(7-2)10-8-9-11(3)16-13(19)14(4,5)12(15)17-20/h11,20H,6-10H2,1-5H3,(H2,15,17)(H,16,19). The lowest BCUT2D eigenvalue weighted by atomic mass is 9.90. The van der Waals surface area contributed by atoms with Gasteiger partial charge in [-0.05, 0) is 53.2 Å². The van der Waals surface area contributed by atoms with Crippen LogP contribution < -0.4 is 11.1 Å². The second-order valence-corrected chi connectivity index (χ2v) is 5.65. The highest BCUT2D eigenvalue weighted by molar-refractivity contribution is 6.05. The molecule has 0 rings (SSSR count). The van der Waals surface area contributed by atoms with Gasteiger partial charge in [0.05, 0.1) is 0 Å². The maximum absolute atomic E-state index is 12.1. The molecule has 1 amide bonds. The Balaban J connectivity index is 4.21. The Kier molecular flexibility index (Phi) is 8.22. The van der Waals surface area contributed by atoms with Gasteiger partial charge in [0, 0.05) is 6.04 Å². The summed E-state index contributed by atoms with van der Waals surface area (Å²) >= 11 is 0. The topological polar surface area (TPSA) is 91.0 Å². The molecule has 1 atom stereocenters. The molecule has 0 saturated heterocycles. The van der Waals surface area contributed by atoms with Gasteiger partial charge in [0.25, 0.3) is 0 Å². The summed E-state index contributed by atoms with van der Waals surface area (Å²) in [5, 5.41) is 14.5. The fraction of sp³-hybridized carbons (Fsp3) is 0.857. The van der Waals surface area contributed by atoms with Crippen LogP contribution >= 0.6 is 0 Å². The second kappa shape index (κ2) is 8.79. The highest BCUT2D eigenvalue weighted by Crippen LogP contribution is 2.16. The fourth-order valence-electron chi connectivity index (χ4n) is 1.88. The van der Waals surface area contributed by atoms with Gasteiger partial charge in [-0.15, -0.1) is 0 Å². The molecular weight excluding hydrogens is 256 g/mol. The number of rotatable bonds is 9. The van der Waals surface area contributed by atoms with Gasteiger partial charge in [0.2, 0.25) is 5.91 Å². The lowest BCUT2D eigenvalue weighted by molar-refractivity contribution is -0.127. The van der Waals surface area contributed by atoms with E-state index >= 15 is 0 Å². The molecule has 0 aliphatic heterocycles. The van der Waals surface area contributed by atoms with Crippen LogP contribution in [0.25, 0.3) is 0 Å². The van der Waals surface area contributed by atoms with Crippen molar-refractivity contribution in [2.24, 2.45) is 16.3 Å². The number of nitrogens with one attached hydrogen (secondary N) is 1. The molecule has 0 radical (unpaired) electrons. The third-order valence-corrected chi connectivity index (χ3v) is 3.70. The minimum Gasteiger partial charge on any atom is -0.409 e. The van der Waals surface area contributed by atoms with E-state index in [4.69, 9.17) is 10.9 Å². The van der Waals surface area contributed by atoms with E-state index in [-0.39, 0.29) is 17.8 Å². The maximum atomic E-state index is 12.1. The van der Waals surface area contributed by atoms with E-state index in [0.29, 0.717) is 0 Å². The molecule has 6 heteroatoms. The third kappa shape index (κ3) is 5.77. The van der Waals surface area contributed by atoms with E-state index in [1.54, 1.807) is 13.8 Å². The molecule has 1 unspecified atom stereocenters. The minimum atomic E-state index is -0.998. The molecule has 118 valence electrons. The number of hydrogen-bond donors (Lipinski definition) is 3. The molecule has 0 bridgehead atoms. The number of amidine groups is 1. The van der Waals surface area contributed by atoms with Gasteiger partial charge in [-0.1, -0.05) is 19.0 Å². The third-order valence-electron chi connectivity index (χ3n) is 3.70. The van der Waals surface area contributed by atoms with E-state index in [2.05, 4.69) is 29.2 Å². The van der Waals surface area contributed by atoms with E-state index in [1.807, 2.05) is 6.92 Å². The Morgan fingerprint density at radius 3 is 2.40 bits per heavy atom. The van der Waals surface area contributed by atoms with Crippen LogP contribution in [0.4, 0.5) is 0 Å². The van der Waals surface area contributed by atoms with Gasteiger partial charge in [-0.2, -0.15) is 0 Å². The molecule has 0 aliphatic rings. The van der Waals surface area contributed by atoms with Gasteiger partial charge in [0.1, 0.15) is 5.41 Å².